The molecule has 7 fully saturated rings. The quantitative estimate of drug-likeness (QED) is 0.278. The Bertz CT molecular complexity index is 1530. The van der Waals surface area contributed by atoms with Crippen LogP contribution in [0.4, 0.5) is 4.79 Å². The molecule has 5 heteroatoms. The lowest BCUT2D eigenvalue weighted by molar-refractivity contribution is -0.164. The van der Waals surface area contributed by atoms with Gasteiger partial charge in [0.25, 0.3) is 0 Å². The van der Waals surface area contributed by atoms with Crippen molar-refractivity contribution in [3.8, 4) is 0 Å². The molecule has 10 aliphatic rings. The van der Waals surface area contributed by atoms with E-state index in [1.165, 1.54) is 19.3 Å². The molecule has 9 aliphatic carbocycles. The van der Waals surface area contributed by atoms with Crippen molar-refractivity contribution in [3.05, 3.63) is 59.7 Å². The van der Waals surface area contributed by atoms with Gasteiger partial charge in [-0.3, -0.25) is 4.79 Å². The molecule has 0 aromatic heterocycles. The van der Waals surface area contributed by atoms with Crippen molar-refractivity contribution in [2.45, 2.75) is 104 Å². The second-order valence-electron chi connectivity index (χ2n) is 17.9. The summed E-state index contributed by atoms with van der Waals surface area (Å²) in [5.41, 5.74) is 0.669. The van der Waals surface area contributed by atoms with Gasteiger partial charge in [0.2, 0.25) is 0 Å². The maximum atomic E-state index is 14.7. The zero-order chi connectivity index (χ0) is 31.2. The molecule has 1 aromatic rings. The molecule has 4 bridgehead atoms. The van der Waals surface area contributed by atoms with Crippen LogP contribution in [0.25, 0.3) is 0 Å². The number of ketones is 1. The van der Waals surface area contributed by atoms with Crippen LogP contribution in [-0.2, 0) is 4.74 Å². The summed E-state index contributed by atoms with van der Waals surface area (Å²) in [4.78, 5) is 30.5. The molecular weight excluding hydrogens is 558 g/mol. The van der Waals surface area contributed by atoms with Gasteiger partial charge >= 0.3 is 6.09 Å². The average molecular weight is 610 g/mol. The zero-order valence-electron chi connectivity index (χ0n) is 27.7. The van der Waals surface area contributed by atoms with E-state index in [1.807, 2.05) is 30.3 Å². The van der Waals surface area contributed by atoms with E-state index in [0.29, 0.717) is 36.1 Å². The summed E-state index contributed by atoms with van der Waals surface area (Å²) in [6.45, 7) is 11.3. The summed E-state index contributed by atoms with van der Waals surface area (Å²) in [5, 5.41) is 11.0. The maximum absolute atomic E-state index is 14.7. The lowest BCUT2D eigenvalue weighted by atomic mass is 9.32. The van der Waals surface area contributed by atoms with E-state index in [-0.39, 0.29) is 40.1 Å². The number of nitrogens with zero attached hydrogens (tertiary/aromatic N) is 1. The molecule has 0 unspecified atom stereocenters. The first-order valence-electron chi connectivity index (χ1n) is 18.1. The van der Waals surface area contributed by atoms with Crippen LogP contribution in [0.5, 0.6) is 0 Å². The zero-order valence-corrected chi connectivity index (χ0v) is 27.7. The Kier molecular flexibility index (Phi) is 5.72. The van der Waals surface area contributed by atoms with Crippen molar-refractivity contribution in [1.82, 2.24) is 4.90 Å². The minimum absolute atomic E-state index is 0.00859. The number of fused-ring (bicyclic) bond motifs is 4. The highest BCUT2D eigenvalue weighted by Gasteiger charge is 2.76. The van der Waals surface area contributed by atoms with Crippen LogP contribution >= 0.6 is 0 Å². The lowest BCUT2D eigenvalue weighted by Crippen LogP contribution is -2.67. The second-order valence-corrected chi connectivity index (χ2v) is 17.9. The monoisotopic (exact) mass is 609 g/mol. The van der Waals surface area contributed by atoms with Gasteiger partial charge < -0.3 is 14.7 Å². The third-order valence-corrected chi connectivity index (χ3v) is 16.4. The fourth-order valence-electron chi connectivity index (χ4n) is 13.7. The Morgan fingerprint density at radius 1 is 0.933 bits per heavy atom. The van der Waals surface area contributed by atoms with Crippen LogP contribution in [0.2, 0.25) is 0 Å². The van der Waals surface area contributed by atoms with Crippen molar-refractivity contribution in [2.24, 2.45) is 56.7 Å². The van der Waals surface area contributed by atoms with Crippen LogP contribution < -0.4 is 0 Å². The molecule has 240 valence electrons. The van der Waals surface area contributed by atoms with Gasteiger partial charge in [0.15, 0.2) is 5.78 Å². The maximum Gasteiger partial charge on any atom is 0.410 e. The molecule has 11 atom stereocenters. The third-order valence-electron chi connectivity index (χ3n) is 16.4. The summed E-state index contributed by atoms with van der Waals surface area (Å²) < 4.78 is 6.67. The first kappa shape index (κ1) is 28.8. The van der Waals surface area contributed by atoms with Crippen LogP contribution in [0, 0.1) is 56.7 Å². The minimum atomic E-state index is -0.509. The van der Waals surface area contributed by atoms with Gasteiger partial charge in [-0.2, -0.15) is 0 Å². The highest BCUT2D eigenvalue weighted by Crippen LogP contribution is 2.79. The average Bonchev–Trinajstić information content (AvgIpc) is 3.51. The first-order valence-corrected chi connectivity index (χ1v) is 18.1. The van der Waals surface area contributed by atoms with Crippen LogP contribution in [0.1, 0.15) is 102 Å². The Morgan fingerprint density at radius 3 is 2.42 bits per heavy atom. The van der Waals surface area contributed by atoms with Crippen molar-refractivity contribution >= 4 is 11.9 Å². The molecule has 1 amide bonds. The first-order chi connectivity index (χ1) is 21.4. The predicted octanol–water partition coefficient (Wildman–Crippen LogP) is 7.99. The number of hydrogen-bond donors (Lipinski definition) is 1. The van der Waals surface area contributed by atoms with Crippen LogP contribution in [0.3, 0.4) is 0 Å². The smallest absolute Gasteiger partial charge is 0.410 e. The van der Waals surface area contributed by atoms with Gasteiger partial charge in [-0.05, 0) is 105 Å². The number of aliphatic hydroxyl groups is 1. The van der Waals surface area contributed by atoms with Gasteiger partial charge in [-0.1, -0.05) is 76.3 Å². The van der Waals surface area contributed by atoms with Gasteiger partial charge in [-0.25, -0.2) is 4.79 Å². The number of benzene rings is 1. The summed E-state index contributed by atoms with van der Waals surface area (Å²) >= 11 is 0. The number of Topliss-reactive ketones (excluding diaryl/α,β-unsaturated/α-hetero) is 1. The highest BCUT2D eigenvalue weighted by atomic mass is 16.6. The molecule has 1 saturated heterocycles. The van der Waals surface area contributed by atoms with E-state index in [2.05, 4.69) is 50.8 Å². The van der Waals surface area contributed by atoms with Gasteiger partial charge in [0, 0.05) is 33.9 Å². The van der Waals surface area contributed by atoms with E-state index in [9.17, 15) is 14.7 Å². The van der Waals surface area contributed by atoms with Gasteiger partial charge in [-0.15, -0.1) is 0 Å². The molecule has 1 aromatic carbocycles. The summed E-state index contributed by atoms with van der Waals surface area (Å²) in [5.74, 6) is 2.82. The van der Waals surface area contributed by atoms with Crippen molar-refractivity contribution < 1.29 is 19.4 Å². The largest absolute Gasteiger partial charge is 0.440 e. The summed E-state index contributed by atoms with van der Waals surface area (Å²) in [7, 11) is 0. The van der Waals surface area contributed by atoms with Crippen molar-refractivity contribution in [2.75, 3.05) is 13.1 Å². The van der Waals surface area contributed by atoms with Gasteiger partial charge in [0.1, 0.15) is 5.60 Å². The van der Waals surface area contributed by atoms with Crippen molar-refractivity contribution in [1.29, 1.82) is 0 Å². The third kappa shape index (κ3) is 3.35. The molecule has 1 heterocycles. The number of amides is 1. The Balaban J connectivity index is 1.10. The minimum Gasteiger partial charge on any atom is -0.440 e. The fourth-order valence-corrected chi connectivity index (χ4v) is 13.7. The number of ether oxygens (including phenoxy) is 1. The molecule has 0 radical (unpaired) electrons. The summed E-state index contributed by atoms with van der Waals surface area (Å²) in [6.07, 6.45) is 16.9. The predicted molar refractivity (Wildman–Crippen MR) is 173 cm³/mol. The van der Waals surface area contributed by atoms with Crippen molar-refractivity contribution in [3.63, 3.8) is 0 Å². The van der Waals surface area contributed by atoms with E-state index >= 15 is 0 Å². The van der Waals surface area contributed by atoms with Crippen LogP contribution in [0.15, 0.2) is 54.1 Å². The molecule has 11 rings (SSSR count). The van der Waals surface area contributed by atoms with E-state index in [0.717, 1.165) is 62.1 Å². The van der Waals surface area contributed by atoms with Gasteiger partial charge in [0.05, 0.1) is 12.6 Å². The second kappa shape index (κ2) is 8.94. The summed E-state index contributed by atoms with van der Waals surface area (Å²) in [6, 6.07) is 9.82. The van der Waals surface area contributed by atoms with Crippen LogP contribution in [-0.4, -0.2) is 46.7 Å². The normalized spacial score (nSPS) is 49.9. The van der Waals surface area contributed by atoms with E-state index in [4.69, 9.17) is 4.74 Å². The van der Waals surface area contributed by atoms with E-state index in [1.54, 1.807) is 0 Å². The topological polar surface area (TPSA) is 66.8 Å². The standard InChI is InChI=1S/C40H51NO4/c1-35(2)27-11-10-26(29(35)20-27)23-41-24-39(45-34(41)44)17-14-32-37(39,4)16-13-31-36(3)15-12-28(42)21-38(36)18-19-40(31,32)30(22-38)33(43)25-8-6-5-7-9-25/h5-9,18-19,22,26-29,31-32,42H,10-17,20-21,23-24H2,1-4H3/t26-,27-,28-,29-,31+,32+,36+,37-,38-,39+,40+/m0/s1. The Labute approximate surface area is 268 Å². The number of aliphatic hydroxyl groups excluding tert-OH is 1. The number of carbonyl (C=O) groups excluding carboxylic acids is 2. The lowest BCUT2D eigenvalue weighted by Gasteiger charge is -2.71. The number of rotatable bonds is 4. The number of hydrogen-bond acceptors (Lipinski definition) is 4. The molecule has 1 N–H and O–H groups in total. The molecule has 3 spiro atoms. The fraction of sp³-hybridized carbons (Fsp3) is 0.700. The number of carbonyl (C=O) groups is 2. The molecular formula is C40H51NO4. The van der Waals surface area contributed by atoms with E-state index < -0.39 is 11.0 Å². The molecule has 5 nitrogen and oxygen atoms in total. The SMILES string of the molecule is CC1(C)[C@H]2CC[C@@H](CN3C[C@@]4(CC[C@H]5[C@]67C=C[C@@]8(C=C6C(=O)c6ccccc6)C[C@@H](O)CC[C@]8(C)[C@H]7CC[C@@]54C)OC3=O)[C@@H]1C2. The molecule has 45 heavy (non-hydrogen) atoms. The molecule has 6 saturated carbocycles. The molecule has 1 aliphatic heterocycles. The highest BCUT2D eigenvalue weighted by molar-refractivity contribution is 6.10. The Morgan fingerprint density at radius 2 is 1.67 bits per heavy atom. The Hall–Kier alpha value is -2.40. The number of allylic oxidation sites excluding steroid dienone is 4.